The molecule has 2 aliphatic heterocycles. The Labute approximate surface area is 192 Å². The number of amides is 2. The second-order valence-electron chi connectivity index (χ2n) is 9.82. The standard InChI is InChI=1S/C11H18FNO4.C10H16FNO4/c1-11(2,3)17-10(15)13-6-7(12)5-8(13)9(14)16-4;1-10(2,3)16-9(15)12-5-6(11)4-7(12)8(13)14/h7-8H,5-6H2,1-4H3;6-7H,4-5H2,1-3H3,(H,13,14)/t7-,8+;6-,7+/m11/s1. The first-order valence-electron chi connectivity index (χ1n) is 10.5. The fourth-order valence-electron chi connectivity index (χ4n) is 3.21. The van der Waals surface area contributed by atoms with Gasteiger partial charge in [-0.2, -0.15) is 0 Å². The van der Waals surface area contributed by atoms with Crippen LogP contribution in [0.5, 0.6) is 0 Å². The van der Waals surface area contributed by atoms with Crippen LogP contribution in [0.3, 0.4) is 0 Å². The molecule has 0 bridgehead atoms. The topological polar surface area (TPSA) is 123 Å². The number of hydrogen-bond acceptors (Lipinski definition) is 7. The average molecular weight is 481 g/mol. The van der Waals surface area contributed by atoms with E-state index in [4.69, 9.17) is 14.6 Å². The summed E-state index contributed by atoms with van der Waals surface area (Å²) in [6, 6.07) is -2.00. The Balaban J connectivity index is 0.000000331. The van der Waals surface area contributed by atoms with Crippen LogP contribution in [-0.4, -0.2) is 94.9 Å². The van der Waals surface area contributed by atoms with Gasteiger partial charge in [-0.25, -0.2) is 28.0 Å². The molecular weight excluding hydrogens is 446 g/mol. The lowest BCUT2D eigenvalue weighted by Crippen LogP contribution is -2.43. The Bertz CT molecular complexity index is 735. The molecule has 0 spiro atoms. The summed E-state index contributed by atoms with van der Waals surface area (Å²) in [5, 5.41) is 8.83. The summed E-state index contributed by atoms with van der Waals surface area (Å²) in [6.45, 7) is 9.79. The Morgan fingerprint density at radius 3 is 1.48 bits per heavy atom. The summed E-state index contributed by atoms with van der Waals surface area (Å²) in [6.07, 6.45) is -4.19. The van der Waals surface area contributed by atoms with Crippen molar-refractivity contribution in [2.75, 3.05) is 20.2 Å². The van der Waals surface area contributed by atoms with Crippen LogP contribution in [0.1, 0.15) is 54.4 Å². The molecule has 12 heteroatoms. The number of halogens is 2. The van der Waals surface area contributed by atoms with Gasteiger partial charge in [-0.05, 0) is 41.5 Å². The third kappa shape index (κ3) is 9.01. The fourth-order valence-corrected chi connectivity index (χ4v) is 3.21. The van der Waals surface area contributed by atoms with Crippen LogP contribution in [0.15, 0.2) is 0 Å². The third-order valence-electron chi connectivity index (χ3n) is 4.51. The first kappa shape index (κ1) is 28.4. The van der Waals surface area contributed by atoms with Gasteiger partial charge in [0.15, 0.2) is 0 Å². The van der Waals surface area contributed by atoms with E-state index in [0.717, 1.165) is 9.80 Å². The summed E-state index contributed by atoms with van der Waals surface area (Å²) in [5.41, 5.74) is -1.39. The van der Waals surface area contributed by atoms with E-state index in [0.29, 0.717) is 0 Å². The molecule has 190 valence electrons. The lowest BCUT2D eigenvalue weighted by atomic mass is 10.2. The molecule has 2 aliphatic rings. The number of carbonyl (C=O) groups excluding carboxylic acids is 3. The molecule has 0 saturated carbocycles. The van der Waals surface area contributed by atoms with Crippen LogP contribution in [0.2, 0.25) is 0 Å². The number of alkyl halides is 2. The Morgan fingerprint density at radius 2 is 1.15 bits per heavy atom. The van der Waals surface area contributed by atoms with E-state index >= 15 is 0 Å². The Hall–Kier alpha value is -2.66. The van der Waals surface area contributed by atoms with Gasteiger partial charge in [0.25, 0.3) is 0 Å². The fraction of sp³-hybridized carbons (Fsp3) is 0.810. The zero-order valence-electron chi connectivity index (χ0n) is 20.1. The molecule has 0 radical (unpaired) electrons. The second kappa shape index (κ2) is 11.0. The monoisotopic (exact) mass is 480 g/mol. The molecule has 33 heavy (non-hydrogen) atoms. The van der Waals surface area contributed by atoms with Crippen LogP contribution < -0.4 is 0 Å². The van der Waals surface area contributed by atoms with Crippen molar-refractivity contribution in [2.24, 2.45) is 0 Å². The van der Waals surface area contributed by atoms with Gasteiger partial charge in [0, 0.05) is 12.8 Å². The summed E-state index contributed by atoms with van der Waals surface area (Å²) in [5.74, 6) is -1.82. The highest BCUT2D eigenvalue weighted by molar-refractivity contribution is 5.82. The molecule has 4 atom stereocenters. The molecule has 10 nitrogen and oxygen atoms in total. The summed E-state index contributed by atoms with van der Waals surface area (Å²) >= 11 is 0. The molecule has 0 aromatic heterocycles. The van der Waals surface area contributed by atoms with Crippen LogP contribution in [0, 0.1) is 0 Å². The highest BCUT2D eigenvalue weighted by atomic mass is 19.1. The molecule has 2 rings (SSSR count). The largest absolute Gasteiger partial charge is 0.480 e. The molecule has 0 aromatic rings. The molecular formula is C21H34F2N2O8. The van der Waals surface area contributed by atoms with Gasteiger partial charge in [0.1, 0.15) is 35.6 Å². The normalized spacial score (nSPS) is 25.1. The highest BCUT2D eigenvalue weighted by Crippen LogP contribution is 2.24. The number of carboxylic acids is 1. The maximum Gasteiger partial charge on any atom is 0.411 e. The molecule has 2 amide bonds. The molecule has 0 unspecified atom stereocenters. The number of hydrogen-bond donors (Lipinski definition) is 1. The number of aliphatic carboxylic acids is 1. The van der Waals surface area contributed by atoms with Crippen molar-refractivity contribution in [2.45, 2.75) is 90.0 Å². The minimum atomic E-state index is -1.30. The van der Waals surface area contributed by atoms with Crippen molar-refractivity contribution in [1.82, 2.24) is 9.80 Å². The number of ether oxygens (including phenoxy) is 3. The van der Waals surface area contributed by atoms with Crippen molar-refractivity contribution in [3.63, 3.8) is 0 Å². The van der Waals surface area contributed by atoms with E-state index in [9.17, 15) is 28.0 Å². The number of esters is 1. The molecule has 2 heterocycles. The van der Waals surface area contributed by atoms with Crippen molar-refractivity contribution in [1.29, 1.82) is 0 Å². The summed E-state index contributed by atoms with van der Waals surface area (Å²) in [4.78, 5) is 47.6. The van der Waals surface area contributed by atoms with Crippen LogP contribution in [0.4, 0.5) is 18.4 Å². The van der Waals surface area contributed by atoms with Crippen LogP contribution in [0.25, 0.3) is 0 Å². The van der Waals surface area contributed by atoms with E-state index < -0.39 is 59.8 Å². The van der Waals surface area contributed by atoms with Gasteiger partial charge in [-0.1, -0.05) is 0 Å². The van der Waals surface area contributed by atoms with Gasteiger partial charge in [0.05, 0.1) is 20.2 Å². The first-order chi connectivity index (χ1) is 14.9. The molecule has 0 aromatic carbocycles. The highest BCUT2D eigenvalue weighted by Gasteiger charge is 2.43. The van der Waals surface area contributed by atoms with E-state index in [1.54, 1.807) is 41.5 Å². The van der Waals surface area contributed by atoms with Gasteiger partial charge in [-0.15, -0.1) is 0 Å². The molecule has 2 fully saturated rings. The maximum absolute atomic E-state index is 13.3. The lowest BCUT2D eigenvalue weighted by Gasteiger charge is -2.27. The Morgan fingerprint density at radius 1 is 0.788 bits per heavy atom. The summed E-state index contributed by atoms with van der Waals surface area (Å²) < 4.78 is 41.0. The first-order valence-corrected chi connectivity index (χ1v) is 10.5. The third-order valence-corrected chi connectivity index (χ3v) is 4.51. The predicted molar refractivity (Wildman–Crippen MR) is 112 cm³/mol. The van der Waals surface area contributed by atoms with Crippen LogP contribution in [-0.2, 0) is 23.8 Å². The quantitative estimate of drug-likeness (QED) is 0.473. The molecule has 2 saturated heterocycles. The SMILES string of the molecule is CC(C)(C)OC(=O)N1C[C@H](F)C[C@H]1C(=O)O.COC(=O)[C@@H]1C[C@@H](F)CN1C(=O)OC(C)(C)C. The van der Waals surface area contributed by atoms with E-state index in [-0.39, 0.29) is 25.9 Å². The number of carbonyl (C=O) groups is 4. The number of nitrogens with zero attached hydrogens (tertiary/aromatic N) is 2. The van der Waals surface area contributed by atoms with Gasteiger partial charge >= 0.3 is 24.1 Å². The number of carboxylic acid groups (broad SMARTS) is 1. The number of likely N-dealkylation sites (tertiary alicyclic amines) is 2. The Kier molecular flexibility index (Phi) is 9.43. The second-order valence-corrected chi connectivity index (χ2v) is 9.82. The average Bonchev–Trinajstić information content (AvgIpc) is 3.22. The number of rotatable bonds is 2. The minimum absolute atomic E-state index is 0.0358. The van der Waals surface area contributed by atoms with Crippen molar-refractivity contribution < 1.29 is 47.3 Å². The maximum atomic E-state index is 13.3. The van der Waals surface area contributed by atoms with Gasteiger partial charge < -0.3 is 19.3 Å². The van der Waals surface area contributed by atoms with Crippen LogP contribution >= 0.6 is 0 Å². The smallest absolute Gasteiger partial charge is 0.411 e. The zero-order chi connectivity index (χ0) is 25.7. The number of methoxy groups -OCH3 is 1. The van der Waals surface area contributed by atoms with Gasteiger partial charge in [-0.3, -0.25) is 9.80 Å². The molecule has 0 aliphatic carbocycles. The van der Waals surface area contributed by atoms with Crippen molar-refractivity contribution in [3.8, 4) is 0 Å². The van der Waals surface area contributed by atoms with E-state index in [1.165, 1.54) is 7.11 Å². The lowest BCUT2D eigenvalue weighted by molar-refractivity contribution is -0.145. The summed E-state index contributed by atoms with van der Waals surface area (Å²) in [7, 11) is 1.21. The van der Waals surface area contributed by atoms with E-state index in [2.05, 4.69) is 4.74 Å². The molecule has 1 N–H and O–H groups in total. The van der Waals surface area contributed by atoms with Crippen molar-refractivity contribution >= 4 is 24.1 Å². The van der Waals surface area contributed by atoms with E-state index in [1.807, 2.05) is 0 Å². The minimum Gasteiger partial charge on any atom is -0.480 e. The zero-order valence-corrected chi connectivity index (χ0v) is 20.1. The van der Waals surface area contributed by atoms with Gasteiger partial charge in [0.2, 0.25) is 0 Å². The van der Waals surface area contributed by atoms with Crippen molar-refractivity contribution in [3.05, 3.63) is 0 Å². The predicted octanol–water partition coefficient (Wildman–Crippen LogP) is 2.93.